The summed E-state index contributed by atoms with van der Waals surface area (Å²) >= 11 is 22.8. The predicted octanol–water partition coefficient (Wildman–Crippen LogP) is 6.03. The molecule has 0 saturated heterocycles. The van der Waals surface area contributed by atoms with Crippen molar-refractivity contribution in [3.63, 3.8) is 0 Å². The fraction of sp³-hybridized carbons (Fsp3) is 0. The molecule has 0 aliphatic carbocycles. The van der Waals surface area contributed by atoms with Gasteiger partial charge in [-0.1, -0.05) is 46.4 Å². The molecular formula is C16Cl4F4N4. The Balaban J connectivity index is 0.000000280. The molecule has 0 fully saturated rings. The molecule has 0 unspecified atom stereocenters. The van der Waals surface area contributed by atoms with Crippen LogP contribution in [0.3, 0.4) is 0 Å². The molecule has 0 N–H and O–H groups in total. The van der Waals surface area contributed by atoms with Crippen molar-refractivity contribution in [2.24, 2.45) is 0 Å². The van der Waals surface area contributed by atoms with Crippen molar-refractivity contribution in [1.29, 1.82) is 21.0 Å². The molecule has 0 aliphatic heterocycles. The van der Waals surface area contributed by atoms with Crippen LogP contribution >= 0.6 is 46.4 Å². The molecule has 0 saturated carbocycles. The molecular weight excluding hydrogens is 466 g/mol. The lowest BCUT2D eigenvalue weighted by Gasteiger charge is -2.05. The summed E-state index contributed by atoms with van der Waals surface area (Å²) < 4.78 is 50.5. The molecule has 0 aromatic heterocycles. The number of rotatable bonds is 0. The Kier molecular flexibility index (Phi) is 7.89. The number of hydrogen-bond acceptors (Lipinski definition) is 4. The lowest BCUT2D eigenvalue weighted by Crippen LogP contribution is -2.04. The molecule has 0 spiro atoms. The minimum Gasteiger partial charge on any atom is -0.202 e. The van der Waals surface area contributed by atoms with Crippen molar-refractivity contribution in [3.05, 3.63) is 65.6 Å². The molecule has 0 atom stereocenters. The second-order valence-electron chi connectivity index (χ2n) is 4.46. The van der Waals surface area contributed by atoms with E-state index in [-0.39, 0.29) is 31.2 Å². The average Bonchev–Trinajstić information content (AvgIpc) is 2.70. The van der Waals surface area contributed by atoms with Crippen LogP contribution in [0.15, 0.2) is 0 Å². The van der Waals surface area contributed by atoms with Gasteiger partial charge in [0.1, 0.15) is 35.4 Å². The van der Waals surface area contributed by atoms with Crippen LogP contribution in [0.1, 0.15) is 22.3 Å². The number of benzene rings is 2. The molecule has 2 aromatic carbocycles. The minimum absolute atomic E-state index is 0.0196. The molecule has 2 aromatic rings. The first-order valence-electron chi connectivity index (χ1n) is 6.41. The summed E-state index contributed by atoms with van der Waals surface area (Å²) in [5.41, 5.74) is -2.39. The van der Waals surface area contributed by atoms with Crippen LogP contribution in [-0.4, -0.2) is 0 Å². The summed E-state index contributed by atoms with van der Waals surface area (Å²) in [4.78, 5) is 0. The van der Waals surface area contributed by atoms with Gasteiger partial charge in [-0.15, -0.1) is 0 Å². The molecule has 0 amide bonds. The molecule has 140 valence electrons. The predicted molar refractivity (Wildman–Crippen MR) is 91.6 cm³/mol. The molecule has 4 nitrogen and oxygen atoms in total. The largest absolute Gasteiger partial charge is 0.202 e. The lowest BCUT2D eigenvalue weighted by molar-refractivity contribution is 0.406. The van der Waals surface area contributed by atoms with Crippen LogP contribution in [0.25, 0.3) is 0 Å². The third-order valence-electron chi connectivity index (χ3n) is 2.98. The molecule has 28 heavy (non-hydrogen) atoms. The number of hydrogen-bond donors (Lipinski definition) is 0. The molecule has 0 bridgehead atoms. The first-order valence-corrected chi connectivity index (χ1v) is 7.92. The topological polar surface area (TPSA) is 95.2 Å². The summed E-state index contributed by atoms with van der Waals surface area (Å²) in [6, 6.07) is 5.64. The van der Waals surface area contributed by atoms with Crippen LogP contribution in [0.4, 0.5) is 17.6 Å². The highest BCUT2D eigenvalue weighted by Gasteiger charge is 2.25. The molecule has 0 radical (unpaired) electrons. The number of nitriles is 4. The molecule has 2 rings (SSSR count). The smallest absolute Gasteiger partial charge is 0.198 e. The second-order valence-corrected chi connectivity index (χ2v) is 5.97. The zero-order valence-corrected chi connectivity index (χ0v) is 15.8. The summed E-state index contributed by atoms with van der Waals surface area (Å²) in [6.07, 6.45) is 0. The van der Waals surface area contributed by atoms with Gasteiger partial charge in [0.15, 0.2) is 23.3 Å². The number of nitrogens with zero attached hydrogens (tertiary/aromatic N) is 4. The Labute approximate surface area is 174 Å². The van der Waals surface area contributed by atoms with Crippen molar-refractivity contribution in [3.8, 4) is 24.3 Å². The fourth-order valence-corrected chi connectivity index (χ4v) is 2.62. The maximum absolute atomic E-state index is 12.7. The van der Waals surface area contributed by atoms with Crippen molar-refractivity contribution in [1.82, 2.24) is 0 Å². The van der Waals surface area contributed by atoms with Crippen LogP contribution in [0.5, 0.6) is 0 Å². The van der Waals surface area contributed by atoms with E-state index < -0.39 is 34.4 Å². The van der Waals surface area contributed by atoms with Gasteiger partial charge in [0.05, 0.1) is 31.2 Å². The monoisotopic (exact) mass is 464 g/mol. The quantitative estimate of drug-likeness (QED) is 0.269. The van der Waals surface area contributed by atoms with Crippen molar-refractivity contribution in [2.75, 3.05) is 0 Å². The third kappa shape index (κ3) is 4.07. The second kappa shape index (κ2) is 9.47. The zero-order valence-electron chi connectivity index (χ0n) is 12.8. The third-order valence-corrected chi connectivity index (χ3v) is 4.78. The maximum Gasteiger partial charge on any atom is 0.198 e. The standard InChI is InChI=1S/C8Cl4N2.C8F4N2/c2*9-5-3(1-13)4(2-14)6(10)8(12)7(5)11. The van der Waals surface area contributed by atoms with Gasteiger partial charge in [-0.05, 0) is 0 Å². The Bertz CT molecular complexity index is 973. The SMILES string of the molecule is N#Cc1c(Cl)c(Cl)c(Cl)c(Cl)c1C#N.N#Cc1c(F)c(F)c(F)c(F)c1C#N. The summed E-state index contributed by atoms with van der Waals surface area (Å²) in [5, 5.41) is 33.8. The van der Waals surface area contributed by atoms with Gasteiger partial charge in [0.2, 0.25) is 0 Å². The Hall–Kier alpha value is -2.72. The fourth-order valence-electron chi connectivity index (χ4n) is 1.68. The summed E-state index contributed by atoms with van der Waals surface area (Å²) in [6.45, 7) is 0. The van der Waals surface area contributed by atoms with Crippen molar-refractivity contribution >= 4 is 46.4 Å². The van der Waals surface area contributed by atoms with E-state index in [0.29, 0.717) is 0 Å². The van der Waals surface area contributed by atoms with Gasteiger partial charge >= 0.3 is 0 Å². The van der Waals surface area contributed by atoms with E-state index in [2.05, 4.69) is 0 Å². The van der Waals surface area contributed by atoms with E-state index >= 15 is 0 Å². The van der Waals surface area contributed by atoms with Crippen LogP contribution in [0, 0.1) is 68.6 Å². The van der Waals surface area contributed by atoms with Gasteiger partial charge in [-0.3, -0.25) is 0 Å². The molecule has 12 heteroatoms. The van der Waals surface area contributed by atoms with E-state index in [1.54, 1.807) is 12.1 Å². The van der Waals surface area contributed by atoms with Crippen LogP contribution in [0.2, 0.25) is 20.1 Å². The summed E-state index contributed by atoms with van der Waals surface area (Å²) in [5.74, 6) is -7.91. The van der Waals surface area contributed by atoms with Gasteiger partial charge in [0.25, 0.3) is 0 Å². The normalized spacial score (nSPS) is 9.29. The minimum atomic E-state index is -2.10. The number of halogens is 8. The highest BCUT2D eigenvalue weighted by atomic mass is 35.5. The van der Waals surface area contributed by atoms with Gasteiger partial charge < -0.3 is 0 Å². The van der Waals surface area contributed by atoms with E-state index in [0.717, 1.165) is 12.1 Å². The highest BCUT2D eigenvalue weighted by Crippen LogP contribution is 2.40. The van der Waals surface area contributed by atoms with Gasteiger partial charge in [-0.2, -0.15) is 21.0 Å². The van der Waals surface area contributed by atoms with Crippen molar-refractivity contribution < 1.29 is 17.6 Å². The van der Waals surface area contributed by atoms with Gasteiger partial charge in [-0.25, -0.2) is 17.6 Å². The van der Waals surface area contributed by atoms with E-state index in [4.69, 9.17) is 67.5 Å². The average molecular weight is 466 g/mol. The van der Waals surface area contributed by atoms with Crippen LogP contribution in [-0.2, 0) is 0 Å². The van der Waals surface area contributed by atoms with E-state index in [1.807, 2.05) is 0 Å². The maximum atomic E-state index is 12.7. The zero-order chi connectivity index (χ0) is 21.8. The van der Waals surface area contributed by atoms with E-state index in [9.17, 15) is 17.6 Å². The van der Waals surface area contributed by atoms with E-state index in [1.165, 1.54) is 0 Å². The Morgan fingerprint density at radius 3 is 0.893 bits per heavy atom. The Morgan fingerprint density at radius 1 is 0.429 bits per heavy atom. The first-order chi connectivity index (χ1) is 13.1. The highest BCUT2D eigenvalue weighted by molar-refractivity contribution is 6.52. The molecule has 0 aliphatic rings. The summed E-state index contributed by atoms with van der Waals surface area (Å²) in [7, 11) is 0. The Morgan fingerprint density at radius 2 is 0.679 bits per heavy atom. The first kappa shape index (κ1) is 23.3. The lowest BCUT2D eigenvalue weighted by atomic mass is 10.1. The van der Waals surface area contributed by atoms with Crippen molar-refractivity contribution in [2.45, 2.75) is 0 Å². The molecule has 0 heterocycles. The van der Waals surface area contributed by atoms with Gasteiger partial charge in [0, 0.05) is 0 Å². The van der Waals surface area contributed by atoms with Crippen LogP contribution < -0.4 is 0 Å².